The molecule has 0 unspecified atom stereocenters. The largest absolute Gasteiger partial charge is 0.497 e. The molecule has 1 spiro atoms. The molecule has 1 amide bonds. The maximum absolute atomic E-state index is 11.8. The fourth-order valence-electron chi connectivity index (χ4n) is 2.87. The molecule has 0 bridgehead atoms. The van der Waals surface area contributed by atoms with E-state index in [0.29, 0.717) is 5.90 Å². The standard InChI is InChI=1S/C15H18N2O3/c1-11(18)17-15(9-3-4-10-15)20-14(16-17)12-5-7-13(19-2)8-6-12/h5-8H,3-4,9-10H2,1-2H3. The van der Waals surface area contributed by atoms with Crippen LogP contribution in [0.5, 0.6) is 5.75 Å². The van der Waals surface area contributed by atoms with Crippen LogP contribution in [-0.4, -0.2) is 29.6 Å². The van der Waals surface area contributed by atoms with E-state index in [0.717, 1.165) is 37.0 Å². The number of ether oxygens (including phenoxy) is 2. The first-order valence-electron chi connectivity index (χ1n) is 6.87. The molecule has 5 heteroatoms. The van der Waals surface area contributed by atoms with Crippen LogP contribution in [0.4, 0.5) is 0 Å². The van der Waals surface area contributed by atoms with Gasteiger partial charge in [0, 0.05) is 25.3 Å². The summed E-state index contributed by atoms with van der Waals surface area (Å²) in [7, 11) is 1.63. The highest BCUT2D eigenvalue weighted by Gasteiger charge is 2.49. The predicted molar refractivity (Wildman–Crippen MR) is 74.3 cm³/mol. The smallest absolute Gasteiger partial charge is 0.243 e. The number of benzene rings is 1. The molecule has 0 radical (unpaired) electrons. The fourth-order valence-corrected chi connectivity index (χ4v) is 2.87. The van der Waals surface area contributed by atoms with Crippen molar-refractivity contribution in [3.8, 4) is 5.75 Å². The molecule has 3 rings (SSSR count). The lowest BCUT2D eigenvalue weighted by molar-refractivity contribution is -0.146. The molecule has 0 aromatic heterocycles. The predicted octanol–water partition coefficient (Wildman–Crippen LogP) is 2.51. The number of amides is 1. The van der Waals surface area contributed by atoms with Gasteiger partial charge in [0.05, 0.1) is 7.11 Å². The van der Waals surface area contributed by atoms with Gasteiger partial charge in [0.15, 0.2) is 0 Å². The van der Waals surface area contributed by atoms with Crippen LogP contribution in [0, 0.1) is 0 Å². The second-order valence-corrected chi connectivity index (χ2v) is 5.22. The van der Waals surface area contributed by atoms with Crippen molar-refractivity contribution in [1.82, 2.24) is 5.01 Å². The lowest BCUT2D eigenvalue weighted by Crippen LogP contribution is -2.44. The van der Waals surface area contributed by atoms with Gasteiger partial charge in [-0.2, -0.15) is 5.01 Å². The van der Waals surface area contributed by atoms with Crippen molar-refractivity contribution >= 4 is 11.8 Å². The first-order chi connectivity index (χ1) is 9.64. The molecular weight excluding hydrogens is 256 g/mol. The molecule has 5 nitrogen and oxygen atoms in total. The van der Waals surface area contributed by atoms with E-state index in [1.54, 1.807) is 7.11 Å². The second kappa shape index (κ2) is 4.81. The van der Waals surface area contributed by atoms with E-state index < -0.39 is 5.72 Å². The maximum atomic E-state index is 11.8. The van der Waals surface area contributed by atoms with Gasteiger partial charge in [-0.25, -0.2) is 0 Å². The molecule has 1 fully saturated rings. The van der Waals surface area contributed by atoms with Crippen LogP contribution in [0.25, 0.3) is 0 Å². The first-order valence-corrected chi connectivity index (χ1v) is 6.87. The number of carbonyl (C=O) groups is 1. The Bertz CT molecular complexity index is 545. The molecule has 1 heterocycles. The number of hydrazone groups is 1. The monoisotopic (exact) mass is 274 g/mol. The van der Waals surface area contributed by atoms with E-state index >= 15 is 0 Å². The fraction of sp³-hybridized carbons (Fsp3) is 0.467. The number of carbonyl (C=O) groups excluding carboxylic acids is 1. The third-order valence-corrected chi connectivity index (χ3v) is 3.88. The van der Waals surface area contributed by atoms with Gasteiger partial charge in [-0.1, -0.05) is 0 Å². The Morgan fingerprint density at radius 2 is 1.95 bits per heavy atom. The SMILES string of the molecule is COc1ccc(C2=NN(C(C)=O)C3(CCCC3)O2)cc1. The van der Waals surface area contributed by atoms with Gasteiger partial charge in [-0.15, -0.1) is 5.10 Å². The zero-order valence-corrected chi connectivity index (χ0v) is 11.8. The average Bonchev–Trinajstić information content (AvgIpc) is 3.07. The third kappa shape index (κ3) is 2.03. The van der Waals surface area contributed by atoms with Crippen LogP contribution in [0.3, 0.4) is 0 Å². The third-order valence-electron chi connectivity index (χ3n) is 3.88. The quantitative estimate of drug-likeness (QED) is 0.832. The normalized spacial score (nSPS) is 19.9. The van der Waals surface area contributed by atoms with E-state index in [-0.39, 0.29) is 5.91 Å². The van der Waals surface area contributed by atoms with Crippen LogP contribution < -0.4 is 4.74 Å². The summed E-state index contributed by atoms with van der Waals surface area (Å²) in [6, 6.07) is 7.51. The Morgan fingerprint density at radius 3 is 2.50 bits per heavy atom. The summed E-state index contributed by atoms with van der Waals surface area (Å²) in [6.07, 6.45) is 3.82. The second-order valence-electron chi connectivity index (χ2n) is 5.22. The van der Waals surface area contributed by atoms with Gasteiger partial charge in [-0.3, -0.25) is 4.79 Å². The number of methoxy groups -OCH3 is 1. The van der Waals surface area contributed by atoms with Crippen molar-refractivity contribution in [2.45, 2.75) is 38.3 Å². The number of hydrogen-bond donors (Lipinski definition) is 0. The Hall–Kier alpha value is -2.04. The molecule has 1 aliphatic carbocycles. The van der Waals surface area contributed by atoms with Gasteiger partial charge >= 0.3 is 0 Å². The lowest BCUT2D eigenvalue weighted by atomic mass is 10.1. The number of rotatable bonds is 2. The zero-order chi connectivity index (χ0) is 14.2. The molecular formula is C15H18N2O3. The Balaban J connectivity index is 1.90. The van der Waals surface area contributed by atoms with Gasteiger partial charge in [0.2, 0.25) is 17.5 Å². The summed E-state index contributed by atoms with van der Waals surface area (Å²) < 4.78 is 11.2. The van der Waals surface area contributed by atoms with E-state index in [2.05, 4.69) is 5.10 Å². The molecule has 0 saturated heterocycles. The molecule has 106 valence electrons. The van der Waals surface area contributed by atoms with Crippen molar-refractivity contribution in [2.75, 3.05) is 7.11 Å². The van der Waals surface area contributed by atoms with Crippen molar-refractivity contribution in [2.24, 2.45) is 5.10 Å². The molecule has 0 atom stereocenters. The molecule has 1 aromatic carbocycles. The number of nitrogens with zero attached hydrogens (tertiary/aromatic N) is 2. The first kappa shape index (κ1) is 13.0. The Labute approximate surface area is 118 Å². The highest BCUT2D eigenvalue weighted by molar-refractivity contribution is 5.96. The van der Waals surface area contributed by atoms with Crippen LogP contribution >= 0.6 is 0 Å². The van der Waals surface area contributed by atoms with E-state index in [4.69, 9.17) is 9.47 Å². The van der Waals surface area contributed by atoms with Crippen LogP contribution in [0.2, 0.25) is 0 Å². The minimum atomic E-state index is -0.554. The minimum absolute atomic E-state index is 0.0737. The highest BCUT2D eigenvalue weighted by atomic mass is 16.6. The maximum Gasteiger partial charge on any atom is 0.243 e. The van der Waals surface area contributed by atoms with Crippen molar-refractivity contribution in [3.05, 3.63) is 29.8 Å². The van der Waals surface area contributed by atoms with Gasteiger partial charge < -0.3 is 9.47 Å². The minimum Gasteiger partial charge on any atom is -0.497 e. The van der Waals surface area contributed by atoms with Crippen LogP contribution in [0.15, 0.2) is 29.4 Å². The molecule has 0 N–H and O–H groups in total. The van der Waals surface area contributed by atoms with E-state index in [1.807, 2.05) is 24.3 Å². The highest BCUT2D eigenvalue weighted by Crippen LogP contribution is 2.41. The molecule has 1 aromatic rings. The average molecular weight is 274 g/mol. The molecule has 20 heavy (non-hydrogen) atoms. The Kier molecular flexibility index (Phi) is 3.12. The molecule has 1 saturated carbocycles. The van der Waals surface area contributed by atoms with Crippen molar-refractivity contribution < 1.29 is 14.3 Å². The van der Waals surface area contributed by atoms with E-state index in [1.165, 1.54) is 11.9 Å². The topological polar surface area (TPSA) is 51.1 Å². The van der Waals surface area contributed by atoms with Gasteiger partial charge in [0.1, 0.15) is 5.75 Å². The van der Waals surface area contributed by atoms with Gasteiger partial charge in [0.25, 0.3) is 0 Å². The van der Waals surface area contributed by atoms with Crippen LogP contribution in [0.1, 0.15) is 38.2 Å². The Morgan fingerprint density at radius 1 is 1.30 bits per heavy atom. The summed E-state index contributed by atoms with van der Waals surface area (Å²) in [5.74, 6) is 1.23. The number of hydrogen-bond acceptors (Lipinski definition) is 4. The summed E-state index contributed by atoms with van der Waals surface area (Å²) in [5.41, 5.74) is 0.307. The molecule has 2 aliphatic rings. The summed E-state index contributed by atoms with van der Waals surface area (Å²) in [4.78, 5) is 11.8. The zero-order valence-electron chi connectivity index (χ0n) is 11.8. The van der Waals surface area contributed by atoms with Crippen molar-refractivity contribution in [1.29, 1.82) is 0 Å². The van der Waals surface area contributed by atoms with Crippen molar-refractivity contribution in [3.63, 3.8) is 0 Å². The molecule has 1 aliphatic heterocycles. The summed E-state index contributed by atoms with van der Waals surface area (Å²) >= 11 is 0. The van der Waals surface area contributed by atoms with Crippen LogP contribution in [-0.2, 0) is 9.53 Å². The summed E-state index contributed by atoms with van der Waals surface area (Å²) in [6.45, 7) is 1.53. The lowest BCUT2D eigenvalue weighted by Gasteiger charge is -2.29. The summed E-state index contributed by atoms with van der Waals surface area (Å²) in [5, 5.41) is 5.90. The van der Waals surface area contributed by atoms with Gasteiger partial charge in [-0.05, 0) is 37.1 Å². The van der Waals surface area contributed by atoms with E-state index in [9.17, 15) is 4.79 Å².